The van der Waals surface area contributed by atoms with Gasteiger partial charge >= 0.3 is 0 Å². The number of fused-ring (bicyclic) bond motifs is 2. The smallest absolute Gasteiger partial charge is 0.213 e. The number of piperidine rings is 2. The minimum atomic E-state index is 0.694. The summed E-state index contributed by atoms with van der Waals surface area (Å²) >= 11 is 0. The van der Waals surface area contributed by atoms with E-state index in [1.165, 1.54) is 38.5 Å². The van der Waals surface area contributed by atoms with Gasteiger partial charge in [-0.05, 0) is 32.2 Å². The SMILES string of the molecule is CCNC1CC2CCCC(C1)N2Cc1ncon1. The van der Waals surface area contributed by atoms with Gasteiger partial charge in [0.25, 0.3) is 0 Å². The second kappa shape index (κ2) is 5.36. The Balaban J connectivity index is 1.68. The number of rotatable bonds is 4. The minimum Gasteiger partial charge on any atom is -0.343 e. The van der Waals surface area contributed by atoms with Crippen molar-refractivity contribution in [3.05, 3.63) is 12.2 Å². The normalized spacial score (nSPS) is 32.6. The van der Waals surface area contributed by atoms with E-state index in [0.717, 1.165) is 18.9 Å². The van der Waals surface area contributed by atoms with Crippen LogP contribution < -0.4 is 5.32 Å². The largest absolute Gasteiger partial charge is 0.343 e. The average Bonchev–Trinajstić information content (AvgIpc) is 2.83. The quantitative estimate of drug-likeness (QED) is 0.879. The predicted octanol–water partition coefficient (Wildman–Crippen LogP) is 1.56. The molecule has 3 rings (SSSR count). The third-order valence-corrected chi connectivity index (χ3v) is 4.35. The maximum atomic E-state index is 4.84. The van der Waals surface area contributed by atoms with Crippen LogP contribution in [0.4, 0.5) is 0 Å². The van der Waals surface area contributed by atoms with Crippen LogP contribution in [0.25, 0.3) is 0 Å². The van der Waals surface area contributed by atoms with Crippen LogP contribution >= 0.6 is 0 Å². The van der Waals surface area contributed by atoms with Crippen molar-refractivity contribution in [2.24, 2.45) is 0 Å². The molecule has 1 aromatic heterocycles. The van der Waals surface area contributed by atoms with Crippen molar-refractivity contribution in [3.8, 4) is 0 Å². The van der Waals surface area contributed by atoms with Gasteiger partial charge in [-0.25, -0.2) is 0 Å². The first kappa shape index (κ1) is 12.1. The van der Waals surface area contributed by atoms with Crippen LogP contribution in [0.2, 0.25) is 0 Å². The van der Waals surface area contributed by atoms with E-state index in [2.05, 4.69) is 27.3 Å². The number of nitrogens with zero attached hydrogens (tertiary/aromatic N) is 3. The van der Waals surface area contributed by atoms with Crippen LogP contribution in [0.15, 0.2) is 10.9 Å². The van der Waals surface area contributed by atoms with Gasteiger partial charge in [-0.15, -0.1) is 0 Å². The Labute approximate surface area is 108 Å². The molecule has 2 aliphatic rings. The summed E-state index contributed by atoms with van der Waals surface area (Å²) in [6.07, 6.45) is 7.96. The number of hydrogen-bond acceptors (Lipinski definition) is 5. The first-order valence-electron chi connectivity index (χ1n) is 7.11. The molecule has 18 heavy (non-hydrogen) atoms. The average molecular weight is 250 g/mol. The Hall–Kier alpha value is -0.940. The van der Waals surface area contributed by atoms with Crippen LogP contribution in [-0.2, 0) is 6.54 Å². The van der Waals surface area contributed by atoms with Crippen molar-refractivity contribution in [3.63, 3.8) is 0 Å². The zero-order valence-corrected chi connectivity index (χ0v) is 11.0. The van der Waals surface area contributed by atoms with E-state index < -0.39 is 0 Å². The van der Waals surface area contributed by atoms with Gasteiger partial charge in [-0.2, -0.15) is 4.98 Å². The molecule has 5 heteroatoms. The van der Waals surface area contributed by atoms with E-state index in [0.29, 0.717) is 18.1 Å². The summed E-state index contributed by atoms with van der Waals surface area (Å²) in [6.45, 7) is 4.13. The third kappa shape index (κ3) is 2.42. The molecule has 5 nitrogen and oxygen atoms in total. The number of aromatic nitrogens is 2. The zero-order chi connectivity index (χ0) is 12.4. The first-order chi connectivity index (χ1) is 8.86. The standard InChI is InChI=1S/C13H22N4O/c1-2-14-10-6-11-4-3-5-12(7-10)17(11)8-13-15-9-18-16-13/h9-12,14H,2-8H2,1H3. The molecule has 2 atom stereocenters. The third-order valence-electron chi connectivity index (χ3n) is 4.35. The predicted molar refractivity (Wildman–Crippen MR) is 68.0 cm³/mol. The van der Waals surface area contributed by atoms with E-state index in [4.69, 9.17) is 4.52 Å². The molecule has 2 unspecified atom stereocenters. The summed E-state index contributed by atoms with van der Waals surface area (Å²) in [5.41, 5.74) is 0. The lowest BCUT2D eigenvalue weighted by atomic mass is 9.81. The Morgan fingerprint density at radius 2 is 2.17 bits per heavy atom. The van der Waals surface area contributed by atoms with Gasteiger partial charge in [-0.3, -0.25) is 4.90 Å². The number of nitrogens with one attached hydrogen (secondary N) is 1. The van der Waals surface area contributed by atoms with Gasteiger partial charge < -0.3 is 9.84 Å². The van der Waals surface area contributed by atoms with Crippen molar-refractivity contribution >= 4 is 0 Å². The van der Waals surface area contributed by atoms with Crippen LogP contribution in [0, 0.1) is 0 Å². The zero-order valence-electron chi connectivity index (χ0n) is 11.0. The van der Waals surface area contributed by atoms with Gasteiger partial charge in [0.15, 0.2) is 5.82 Å². The van der Waals surface area contributed by atoms with Crippen LogP contribution in [-0.4, -0.2) is 39.7 Å². The molecule has 2 saturated heterocycles. The highest BCUT2D eigenvalue weighted by Crippen LogP contribution is 2.34. The van der Waals surface area contributed by atoms with E-state index in [1.54, 1.807) is 0 Å². The van der Waals surface area contributed by atoms with E-state index >= 15 is 0 Å². The maximum absolute atomic E-state index is 4.84. The molecule has 0 radical (unpaired) electrons. The fourth-order valence-electron chi connectivity index (χ4n) is 3.62. The van der Waals surface area contributed by atoms with Gasteiger partial charge in [0.2, 0.25) is 6.39 Å². The molecule has 0 amide bonds. The van der Waals surface area contributed by atoms with Crippen LogP contribution in [0.1, 0.15) is 44.9 Å². The highest BCUT2D eigenvalue weighted by Gasteiger charge is 2.38. The highest BCUT2D eigenvalue weighted by atomic mass is 16.5. The van der Waals surface area contributed by atoms with Crippen molar-refractivity contribution in [1.29, 1.82) is 0 Å². The van der Waals surface area contributed by atoms with E-state index in [-0.39, 0.29) is 0 Å². The van der Waals surface area contributed by atoms with Gasteiger partial charge in [0, 0.05) is 18.1 Å². The second-order valence-corrected chi connectivity index (χ2v) is 5.48. The van der Waals surface area contributed by atoms with E-state index in [1.807, 2.05) is 0 Å². The van der Waals surface area contributed by atoms with Crippen molar-refractivity contribution in [2.45, 2.75) is 63.7 Å². The van der Waals surface area contributed by atoms with Gasteiger partial charge in [0.05, 0.1) is 6.54 Å². The molecule has 3 heterocycles. The summed E-state index contributed by atoms with van der Waals surface area (Å²) in [5, 5.41) is 7.57. The monoisotopic (exact) mass is 250 g/mol. The summed E-state index contributed by atoms with van der Waals surface area (Å²) in [7, 11) is 0. The molecule has 1 aromatic rings. The van der Waals surface area contributed by atoms with Gasteiger partial charge in [-0.1, -0.05) is 18.5 Å². The molecule has 1 N–H and O–H groups in total. The molecule has 0 aromatic carbocycles. The van der Waals surface area contributed by atoms with Gasteiger partial charge in [0.1, 0.15) is 0 Å². The Kier molecular flexibility index (Phi) is 3.61. The summed E-state index contributed by atoms with van der Waals surface area (Å²) < 4.78 is 4.84. The Morgan fingerprint density at radius 3 is 2.78 bits per heavy atom. The molecule has 2 bridgehead atoms. The highest BCUT2D eigenvalue weighted by molar-refractivity contribution is 4.96. The lowest BCUT2D eigenvalue weighted by Gasteiger charge is -2.48. The topological polar surface area (TPSA) is 54.2 Å². The molecule has 2 aliphatic heterocycles. The molecule has 0 spiro atoms. The molecule has 0 saturated carbocycles. The molecular formula is C13H22N4O. The fourth-order valence-corrected chi connectivity index (χ4v) is 3.62. The summed E-state index contributed by atoms with van der Waals surface area (Å²) in [5.74, 6) is 0.828. The minimum absolute atomic E-state index is 0.694. The molecule has 2 fully saturated rings. The fraction of sp³-hybridized carbons (Fsp3) is 0.846. The lowest BCUT2D eigenvalue weighted by molar-refractivity contribution is 0.0155. The molecule has 0 aliphatic carbocycles. The molecule has 100 valence electrons. The Bertz CT molecular complexity index is 353. The van der Waals surface area contributed by atoms with Crippen LogP contribution in [0.5, 0.6) is 0 Å². The first-order valence-corrected chi connectivity index (χ1v) is 7.11. The van der Waals surface area contributed by atoms with Crippen molar-refractivity contribution < 1.29 is 4.52 Å². The summed E-state index contributed by atoms with van der Waals surface area (Å²) in [4.78, 5) is 6.76. The van der Waals surface area contributed by atoms with Crippen molar-refractivity contribution in [2.75, 3.05) is 6.54 Å². The number of hydrogen-bond donors (Lipinski definition) is 1. The van der Waals surface area contributed by atoms with Crippen molar-refractivity contribution in [1.82, 2.24) is 20.4 Å². The second-order valence-electron chi connectivity index (χ2n) is 5.48. The lowest BCUT2D eigenvalue weighted by Crippen LogP contribution is -2.55. The molecular weight excluding hydrogens is 228 g/mol. The summed E-state index contributed by atoms with van der Waals surface area (Å²) in [6, 6.07) is 2.09. The Morgan fingerprint density at radius 1 is 1.39 bits per heavy atom. The maximum Gasteiger partial charge on any atom is 0.213 e. The van der Waals surface area contributed by atoms with E-state index in [9.17, 15) is 0 Å². The van der Waals surface area contributed by atoms with Crippen LogP contribution in [0.3, 0.4) is 0 Å².